The van der Waals surface area contributed by atoms with Crippen LogP contribution in [0.4, 0.5) is 14.9 Å². The predicted molar refractivity (Wildman–Crippen MR) is 75.6 cm³/mol. The highest BCUT2D eigenvalue weighted by molar-refractivity contribution is 9.10. The van der Waals surface area contributed by atoms with E-state index >= 15 is 0 Å². The molecule has 0 radical (unpaired) electrons. The van der Waals surface area contributed by atoms with Crippen molar-refractivity contribution in [1.82, 2.24) is 5.32 Å². The van der Waals surface area contributed by atoms with Crippen molar-refractivity contribution in [2.75, 3.05) is 5.32 Å². The average Bonchev–Trinajstić information content (AvgIpc) is 2.89. The number of hydrogen-bond donors (Lipinski definition) is 3. The van der Waals surface area contributed by atoms with Crippen LogP contribution in [0, 0.1) is 5.82 Å². The minimum atomic E-state index is -1.19. The molecule has 2 aromatic rings. The van der Waals surface area contributed by atoms with Gasteiger partial charge in [0, 0.05) is 4.47 Å². The number of carboxylic acid groups (broad SMARTS) is 1. The van der Waals surface area contributed by atoms with E-state index in [9.17, 15) is 14.0 Å². The summed E-state index contributed by atoms with van der Waals surface area (Å²) in [6.07, 6.45) is 0. The summed E-state index contributed by atoms with van der Waals surface area (Å²) in [5.74, 6) is -1.71. The van der Waals surface area contributed by atoms with Gasteiger partial charge in [0.15, 0.2) is 0 Å². The second kappa shape index (κ2) is 6.40. The third kappa shape index (κ3) is 4.06. The Kier molecular flexibility index (Phi) is 4.59. The first-order valence-corrected chi connectivity index (χ1v) is 6.57. The minimum absolute atomic E-state index is 0.0166. The van der Waals surface area contributed by atoms with Gasteiger partial charge in [0.25, 0.3) is 0 Å². The van der Waals surface area contributed by atoms with Gasteiger partial charge in [0.1, 0.15) is 11.6 Å². The molecule has 1 aromatic carbocycles. The van der Waals surface area contributed by atoms with E-state index in [2.05, 4.69) is 26.6 Å². The van der Waals surface area contributed by atoms with Crippen molar-refractivity contribution >= 4 is 33.6 Å². The number of urea groups is 1. The number of halogens is 2. The zero-order chi connectivity index (χ0) is 15.4. The van der Waals surface area contributed by atoms with Crippen LogP contribution in [0.15, 0.2) is 39.2 Å². The first kappa shape index (κ1) is 15.0. The molecule has 1 aromatic heterocycles. The molecule has 110 valence electrons. The molecule has 0 aliphatic rings. The Bertz CT molecular complexity index is 687. The molecule has 0 unspecified atom stereocenters. The second-order valence-electron chi connectivity index (χ2n) is 4.00. The maximum atomic E-state index is 13.5. The largest absolute Gasteiger partial charge is 0.475 e. The van der Waals surface area contributed by atoms with Crippen LogP contribution >= 0.6 is 15.9 Å². The predicted octanol–water partition coefficient (Wildman–Crippen LogP) is 3.20. The summed E-state index contributed by atoms with van der Waals surface area (Å²) >= 11 is 3.11. The fraction of sp³-hybridized carbons (Fsp3) is 0.0769. The number of furan rings is 1. The highest BCUT2D eigenvalue weighted by atomic mass is 79.9. The molecule has 0 aliphatic carbocycles. The smallest absolute Gasteiger partial charge is 0.371 e. The molecule has 0 spiro atoms. The number of nitrogens with one attached hydrogen (secondary N) is 2. The van der Waals surface area contributed by atoms with E-state index < -0.39 is 17.8 Å². The lowest BCUT2D eigenvalue weighted by Crippen LogP contribution is -2.28. The molecule has 0 aliphatic heterocycles. The van der Waals surface area contributed by atoms with Gasteiger partial charge in [-0.3, -0.25) is 0 Å². The Labute approximate surface area is 127 Å². The quantitative estimate of drug-likeness (QED) is 0.784. The molecule has 6 nitrogen and oxygen atoms in total. The van der Waals surface area contributed by atoms with Crippen molar-refractivity contribution in [1.29, 1.82) is 0 Å². The van der Waals surface area contributed by atoms with E-state index in [1.165, 1.54) is 24.3 Å². The van der Waals surface area contributed by atoms with E-state index in [0.717, 1.165) is 0 Å². The van der Waals surface area contributed by atoms with Gasteiger partial charge < -0.3 is 20.2 Å². The third-order valence-corrected chi connectivity index (χ3v) is 2.97. The van der Waals surface area contributed by atoms with Gasteiger partial charge in [-0.2, -0.15) is 0 Å². The van der Waals surface area contributed by atoms with Gasteiger partial charge in [-0.1, -0.05) is 15.9 Å². The van der Waals surface area contributed by atoms with Crippen molar-refractivity contribution in [3.8, 4) is 0 Å². The Morgan fingerprint density at radius 2 is 2.05 bits per heavy atom. The van der Waals surface area contributed by atoms with Crippen LogP contribution in [0.1, 0.15) is 16.3 Å². The Morgan fingerprint density at radius 1 is 1.29 bits per heavy atom. The second-order valence-corrected chi connectivity index (χ2v) is 4.92. The summed E-state index contributed by atoms with van der Waals surface area (Å²) < 4.78 is 19.0. The van der Waals surface area contributed by atoms with Gasteiger partial charge in [0.05, 0.1) is 12.2 Å². The summed E-state index contributed by atoms with van der Waals surface area (Å²) in [4.78, 5) is 22.2. The fourth-order valence-corrected chi connectivity index (χ4v) is 1.85. The van der Waals surface area contributed by atoms with Crippen molar-refractivity contribution in [2.24, 2.45) is 0 Å². The molecule has 3 N–H and O–H groups in total. The van der Waals surface area contributed by atoms with Crippen molar-refractivity contribution in [3.63, 3.8) is 0 Å². The van der Waals surface area contributed by atoms with E-state index in [0.29, 0.717) is 4.47 Å². The van der Waals surface area contributed by atoms with Crippen LogP contribution in [-0.4, -0.2) is 17.1 Å². The Morgan fingerprint density at radius 3 is 2.67 bits per heavy atom. The molecular formula is C13H10BrFN2O4. The van der Waals surface area contributed by atoms with Crippen LogP contribution < -0.4 is 10.6 Å². The third-order valence-electron chi connectivity index (χ3n) is 2.47. The molecule has 0 atom stereocenters. The topological polar surface area (TPSA) is 91.6 Å². The van der Waals surface area contributed by atoms with Gasteiger partial charge in [-0.25, -0.2) is 14.0 Å². The molecule has 2 rings (SSSR count). The maximum absolute atomic E-state index is 13.5. The number of carbonyl (C=O) groups excluding carboxylic acids is 1. The first-order chi connectivity index (χ1) is 9.95. The standard InChI is InChI=1S/C13H10BrFN2O4/c14-7-1-3-10(9(15)5-7)17-13(20)16-6-8-2-4-11(21-8)12(18)19/h1-5H,6H2,(H,18,19)(H2,16,17,20). The number of amides is 2. The molecule has 0 saturated heterocycles. The monoisotopic (exact) mass is 356 g/mol. The number of carbonyl (C=O) groups is 2. The molecule has 2 amide bonds. The number of aromatic carboxylic acids is 1. The van der Waals surface area contributed by atoms with Gasteiger partial charge in [0.2, 0.25) is 5.76 Å². The fourth-order valence-electron chi connectivity index (χ4n) is 1.51. The molecule has 1 heterocycles. The van der Waals surface area contributed by atoms with Gasteiger partial charge >= 0.3 is 12.0 Å². The Balaban J connectivity index is 1.91. The van der Waals surface area contributed by atoms with Crippen LogP contribution in [0.3, 0.4) is 0 Å². The van der Waals surface area contributed by atoms with E-state index in [1.807, 2.05) is 0 Å². The minimum Gasteiger partial charge on any atom is -0.475 e. The summed E-state index contributed by atoms with van der Waals surface area (Å²) in [7, 11) is 0. The maximum Gasteiger partial charge on any atom is 0.371 e. The summed E-state index contributed by atoms with van der Waals surface area (Å²) in [6, 6.07) is 6.31. The Hall–Kier alpha value is -2.35. The summed E-state index contributed by atoms with van der Waals surface area (Å²) in [6.45, 7) is -0.0166. The SMILES string of the molecule is O=C(NCc1ccc(C(=O)O)o1)Nc1ccc(Br)cc1F. The number of benzene rings is 1. The zero-order valence-corrected chi connectivity index (χ0v) is 12.1. The van der Waals surface area contributed by atoms with Gasteiger partial charge in [-0.15, -0.1) is 0 Å². The lowest BCUT2D eigenvalue weighted by Gasteiger charge is -2.07. The number of hydrogen-bond acceptors (Lipinski definition) is 3. The van der Waals surface area contributed by atoms with Crippen LogP contribution in [-0.2, 0) is 6.54 Å². The normalized spacial score (nSPS) is 10.2. The molecule has 0 bridgehead atoms. The molecular weight excluding hydrogens is 347 g/mol. The van der Waals surface area contributed by atoms with Gasteiger partial charge in [-0.05, 0) is 30.3 Å². The number of rotatable bonds is 4. The molecule has 21 heavy (non-hydrogen) atoms. The van der Waals surface area contributed by atoms with Crippen molar-refractivity contribution < 1.29 is 23.5 Å². The van der Waals surface area contributed by atoms with Crippen LogP contribution in [0.25, 0.3) is 0 Å². The summed E-state index contributed by atoms with van der Waals surface area (Å²) in [5.41, 5.74) is 0.0290. The van der Waals surface area contributed by atoms with E-state index in [-0.39, 0.29) is 23.8 Å². The van der Waals surface area contributed by atoms with E-state index in [4.69, 9.17) is 9.52 Å². The van der Waals surface area contributed by atoms with Crippen molar-refractivity contribution in [2.45, 2.75) is 6.54 Å². The molecule has 0 fully saturated rings. The first-order valence-electron chi connectivity index (χ1n) is 5.77. The number of carboxylic acids is 1. The molecule has 8 heteroatoms. The van der Waals surface area contributed by atoms with Crippen LogP contribution in [0.5, 0.6) is 0 Å². The van der Waals surface area contributed by atoms with E-state index in [1.54, 1.807) is 6.07 Å². The van der Waals surface area contributed by atoms with Crippen LogP contribution in [0.2, 0.25) is 0 Å². The average molecular weight is 357 g/mol. The lowest BCUT2D eigenvalue weighted by molar-refractivity contribution is 0.0660. The van der Waals surface area contributed by atoms with Crippen molar-refractivity contribution in [3.05, 3.63) is 52.1 Å². The number of anilines is 1. The highest BCUT2D eigenvalue weighted by Gasteiger charge is 2.11. The highest BCUT2D eigenvalue weighted by Crippen LogP contribution is 2.19. The lowest BCUT2D eigenvalue weighted by atomic mass is 10.3. The molecule has 0 saturated carbocycles. The zero-order valence-electron chi connectivity index (χ0n) is 10.5. The summed E-state index contributed by atoms with van der Waals surface area (Å²) in [5, 5.41) is 13.4.